The first-order chi connectivity index (χ1) is 4.22. The van der Waals surface area contributed by atoms with Crippen LogP contribution in [0.25, 0.3) is 0 Å². The number of amides is 1. The molecule has 0 aromatic heterocycles. The normalized spacial score (nSPS) is 26.1. The van der Waals surface area contributed by atoms with Gasteiger partial charge < -0.3 is 11.1 Å². The molecule has 0 fully saturated rings. The zero-order valence-corrected chi connectivity index (χ0v) is 5.44. The number of hydrogen-bond acceptors (Lipinski definition) is 3. The standard InChI is InChI=1S/C5H6N2OS/c6-4-3(9)1-2-7-5(4)8/h1-2,4H,6H2,(H,7,8). The van der Waals surface area contributed by atoms with Gasteiger partial charge in [-0.25, -0.2) is 0 Å². The van der Waals surface area contributed by atoms with Crippen molar-refractivity contribution in [2.45, 2.75) is 6.04 Å². The Morgan fingerprint density at radius 3 is 2.89 bits per heavy atom. The monoisotopic (exact) mass is 142 g/mol. The first kappa shape index (κ1) is 6.38. The molecule has 1 heterocycles. The van der Waals surface area contributed by atoms with E-state index in [1.54, 1.807) is 6.08 Å². The number of nitrogens with two attached hydrogens (primary N) is 1. The molecule has 4 heteroatoms. The van der Waals surface area contributed by atoms with Gasteiger partial charge in [-0.1, -0.05) is 12.2 Å². The lowest BCUT2D eigenvalue weighted by Gasteiger charge is -2.12. The Hall–Kier alpha value is -0.740. The molecular weight excluding hydrogens is 136 g/mol. The van der Waals surface area contributed by atoms with Crippen molar-refractivity contribution in [1.29, 1.82) is 0 Å². The van der Waals surface area contributed by atoms with E-state index in [-0.39, 0.29) is 5.91 Å². The fraction of sp³-hybridized carbons (Fsp3) is 0.200. The van der Waals surface area contributed by atoms with E-state index in [9.17, 15) is 4.79 Å². The van der Waals surface area contributed by atoms with E-state index in [0.717, 1.165) is 0 Å². The molecule has 0 aromatic carbocycles. The van der Waals surface area contributed by atoms with E-state index < -0.39 is 6.04 Å². The van der Waals surface area contributed by atoms with Gasteiger partial charge in [0.25, 0.3) is 0 Å². The fourth-order valence-corrected chi connectivity index (χ4v) is 0.704. The lowest BCUT2D eigenvalue weighted by Crippen LogP contribution is -2.45. The third-order valence-corrected chi connectivity index (χ3v) is 1.45. The minimum absolute atomic E-state index is 0.234. The topological polar surface area (TPSA) is 55.1 Å². The van der Waals surface area contributed by atoms with Gasteiger partial charge in [-0.3, -0.25) is 4.79 Å². The molecule has 48 valence electrons. The van der Waals surface area contributed by atoms with E-state index >= 15 is 0 Å². The first-order valence-corrected chi connectivity index (χ1v) is 2.89. The molecule has 1 atom stereocenters. The van der Waals surface area contributed by atoms with E-state index in [4.69, 9.17) is 18.0 Å². The smallest absolute Gasteiger partial charge is 0.246 e. The largest absolute Gasteiger partial charge is 0.331 e. The lowest BCUT2D eigenvalue weighted by atomic mass is 10.1. The van der Waals surface area contributed by atoms with Gasteiger partial charge in [0.2, 0.25) is 5.91 Å². The lowest BCUT2D eigenvalue weighted by molar-refractivity contribution is -0.120. The fourth-order valence-electron chi connectivity index (χ4n) is 0.529. The maximum atomic E-state index is 10.6. The number of rotatable bonds is 0. The first-order valence-electron chi connectivity index (χ1n) is 2.48. The number of thiocarbonyl (C=S) groups is 1. The van der Waals surface area contributed by atoms with Crippen molar-refractivity contribution in [3.63, 3.8) is 0 Å². The van der Waals surface area contributed by atoms with E-state index in [2.05, 4.69) is 5.32 Å². The Morgan fingerprint density at radius 2 is 2.44 bits per heavy atom. The molecule has 1 aliphatic heterocycles. The van der Waals surface area contributed by atoms with Gasteiger partial charge in [0.05, 0.1) is 0 Å². The van der Waals surface area contributed by atoms with E-state index in [0.29, 0.717) is 4.86 Å². The van der Waals surface area contributed by atoms with Crippen LogP contribution >= 0.6 is 12.2 Å². The average Bonchev–Trinajstić information content (AvgIpc) is 1.83. The van der Waals surface area contributed by atoms with Crippen molar-refractivity contribution in [2.24, 2.45) is 5.73 Å². The Kier molecular flexibility index (Phi) is 1.59. The quantitative estimate of drug-likeness (QED) is 0.441. The Bertz CT molecular complexity index is 187. The molecule has 0 saturated carbocycles. The third-order valence-electron chi connectivity index (χ3n) is 1.06. The summed E-state index contributed by atoms with van der Waals surface area (Å²) in [5.41, 5.74) is 5.32. The third kappa shape index (κ3) is 1.14. The molecule has 0 aliphatic carbocycles. The molecule has 0 aromatic rings. The number of nitrogens with one attached hydrogen (secondary N) is 1. The second kappa shape index (κ2) is 2.24. The van der Waals surface area contributed by atoms with Crippen molar-refractivity contribution >= 4 is 23.0 Å². The van der Waals surface area contributed by atoms with Crippen LogP contribution in [-0.4, -0.2) is 16.8 Å². The summed E-state index contributed by atoms with van der Waals surface area (Å²) in [6.07, 6.45) is 3.11. The maximum absolute atomic E-state index is 10.6. The summed E-state index contributed by atoms with van der Waals surface area (Å²) in [6.45, 7) is 0. The SMILES string of the molecule is NC1C(=O)NC=CC1=S. The Balaban J connectivity index is 2.81. The van der Waals surface area contributed by atoms with Crippen molar-refractivity contribution < 1.29 is 4.79 Å². The number of carbonyl (C=O) groups excluding carboxylic acids is 1. The summed E-state index contributed by atoms with van der Waals surface area (Å²) in [4.78, 5) is 11.1. The molecule has 0 bridgehead atoms. The molecule has 1 amide bonds. The van der Waals surface area contributed by atoms with Gasteiger partial charge in [0.15, 0.2) is 0 Å². The van der Waals surface area contributed by atoms with Crippen LogP contribution < -0.4 is 11.1 Å². The van der Waals surface area contributed by atoms with Gasteiger partial charge in [-0.05, 0) is 6.08 Å². The van der Waals surface area contributed by atoms with Crippen LogP contribution in [0.4, 0.5) is 0 Å². The summed E-state index contributed by atoms with van der Waals surface area (Å²) in [5, 5.41) is 2.43. The minimum atomic E-state index is -0.634. The van der Waals surface area contributed by atoms with Crippen molar-refractivity contribution in [3.8, 4) is 0 Å². The summed E-state index contributed by atoms with van der Waals surface area (Å²) >= 11 is 4.73. The Labute approximate surface area is 57.9 Å². The number of hydrogen-bond donors (Lipinski definition) is 2. The predicted octanol–water partition coefficient (Wildman–Crippen LogP) is -0.673. The van der Waals surface area contributed by atoms with E-state index in [1.165, 1.54) is 6.20 Å². The molecule has 0 spiro atoms. The van der Waals surface area contributed by atoms with Crippen LogP contribution in [0.15, 0.2) is 12.3 Å². The van der Waals surface area contributed by atoms with Gasteiger partial charge >= 0.3 is 0 Å². The van der Waals surface area contributed by atoms with E-state index in [1.807, 2.05) is 0 Å². The molecule has 1 unspecified atom stereocenters. The second-order valence-corrected chi connectivity index (χ2v) is 2.19. The highest BCUT2D eigenvalue weighted by Gasteiger charge is 2.18. The highest BCUT2D eigenvalue weighted by Crippen LogP contribution is 1.93. The van der Waals surface area contributed by atoms with Crippen LogP contribution in [0.3, 0.4) is 0 Å². The van der Waals surface area contributed by atoms with Crippen LogP contribution in [-0.2, 0) is 4.79 Å². The zero-order chi connectivity index (χ0) is 6.85. The van der Waals surface area contributed by atoms with Gasteiger partial charge in [0.1, 0.15) is 6.04 Å². The van der Waals surface area contributed by atoms with Gasteiger partial charge in [-0.15, -0.1) is 0 Å². The summed E-state index contributed by atoms with van der Waals surface area (Å²) in [7, 11) is 0. The zero-order valence-electron chi connectivity index (χ0n) is 4.63. The minimum Gasteiger partial charge on any atom is -0.331 e. The van der Waals surface area contributed by atoms with Gasteiger partial charge in [0, 0.05) is 11.1 Å². The predicted molar refractivity (Wildman–Crippen MR) is 37.9 cm³/mol. The highest BCUT2D eigenvalue weighted by atomic mass is 32.1. The summed E-state index contributed by atoms with van der Waals surface area (Å²) in [6, 6.07) is -0.634. The Morgan fingerprint density at radius 1 is 1.78 bits per heavy atom. The molecule has 3 N–H and O–H groups in total. The van der Waals surface area contributed by atoms with Gasteiger partial charge in [-0.2, -0.15) is 0 Å². The van der Waals surface area contributed by atoms with Crippen LogP contribution in [0.1, 0.15) is 0 Å². The second-order valence-electron chi connectivity index (χ2n) is 1.72. The molecule has 0 saturated heterocycles. The molecule has 0 radical (unpaired) electrons. The summed E-state index contributed by atoms with van der Waals surface area (Å²) in [5.74, 6) is -0.234. The highest BCUT2D eigenvalue weighted by molar-refractivity contribution is 7.81. The van der Waals surface area contributed by atoms with Crippen LogP contribution in [0.5, 0.6) is 0 Å². The van der Waals surface area contributed by atoms with Crippen molar-refractivity contribution in [2.75, 3.05) is 0 Å². The number of carbonyl (C=O) groups is 1. The van der Waals surface area contributed by atoms with Crippen LogP contribution in [0, 0.1) is 0 Å². The summed E-state index contributed by atoms with van der Waals surface area (Å²) < 4.78 is 0. The molecule has 3 nitrogen and oxygen atoms in total. The molecular formula is C5H6N2OS. The van der Waals surface area contributed by atoms with Crippen molar-refractivity contribution in [1.82, 2.24) is 5.32 Å². The average molecular weight is 142 g/mol. The molecule has 1 aliphatic rings. The van der Waals surface area contributed by atoms with Crippen LogP contribution in [0.2, 0.25) is 0 Å². The molecule has 1 rings (SSSR count). The maximum Gasteiger partial charge on any atom is 0.246 e. The molecule has 9 heavy (non-hydrogen) atoms. The van der Waals surface area contributed by atoms with Crippen molar-refractivity contribution in [3.05, 3.63) is 12.3 Å².